The average molecular weight is 310 g/mol. The zero-order chi connectivity index (χ0) is 15.8. The first-order chi connectivity index (χ1) is 9.75. The summed E-state index contributed by atoms with van der Waals surface area (Å²) in [5.74, 6) is 1.10. The van der Waals surface area contributed by atoms with E-state index in [1.54, 1.807) is 50.4 Å². The van der Waals surface area contributed by atoms with Gasteiger partial charge in [0, 0.05) is 20.4 Å². The summed E-state index contributed by atoms with van der Waals surface area (Å²) in [6.45, 7) is 0. The van der Waals surface area contributed by atoms with Gasteiger partial charge >= 0.3 is 0 Å². The standard InChI is InChI=1S/C13H18N4O3S/c1-16(2)13-11(21(4,18)19)12(14)17(15-13)9-5-7-10(20-3)8-6-9/h5-8H,14H2,1-4H3. The first kappa shape index (κ1) is 15.2. The van der Waals surface area contributed by atoms with E-state index in [-0.39, 0.29) is 10.7 Å². The van der Waals surface area contributed by atoms with Crippen LogP contribution in [0.4, 0.5) is 11.6 Å². The molecule has 114 valence electrons. The van der Waals surface area contributed by atoms with Gasteiger partial charge in [0.05, 0.1) is 12.8 Å². The van der Waals surface area contributed by atoms with Crippen LogP contribution in [0.5, 0.6) is 5.75 Å². The molecule has 0 aliphatic carbocycles. The molecule has 1 aromatic carbocycles. The van der Waals surface area contributed by atoms with Crippen molar-refractivity contribution in [1.82, 2.24) is 9.78 Å². The Morgan fingerprint density at radius 2 is 1.81 bits per heavy atom. The van der Waals surface area contributed by atoms with Gasteiger partial charge in [0.15, 0.2) is 20.6 Å². The van der Waals surface area contributed by atoms with Crippen LogP contribution in [0.25, 0.3) is 5.69 Å². The molecule has 0 saturated heterocycles. The number of hydrogen-bond acceptors (Lipinski definition) is 6. The van der Waals surface area contributed by atoms with E-state index < -0.39 is 9.84 Å². The second-order valence-corrected chi connectivity index (χ2v) is 6.77. The van der Waals surface area contributed by atoms with Gasteiger partial charge in [-0.15, -0.1) is 5.10 Å². The van der Waals surface area contributed by atoms with Gasteiger partial charge in [0.1, 0.15) is 11.6 Å². The van der Waals surface area contributed by atoms with Crippen molar-refractivity contribution in [2.24, 2.45) is 0 Å². The number of ether oxygens (including phenoxy) is 1. The average Bonchev–Trinajstić information content (AvgIpc) is 2.76. The third-order valence-corrected chi connectivity index (χ3v) is 4.10. The maximum absolute atomic E-state index is 11.9. The molecule has 0 spiro atoms. The zero-order valence-corrected chi connectivity index (χ0v) is 13.2. The maximum atomic E-state index is 11.9. The van der Waals surface area contributed by atoms with E-state index in [1.165, 1.54) is 4.68 Å². The zero-order valence-electron chi connectivity index (χ0n) is 12.4. The molecule has 7 nitrogen and oxygen atoms in total. The van der Waals surface area contributed by atoms with E-state index in [1.807, 2.05) is 0 Å². The van der Waals surface area contributed by atoms with Gasteiger partial charge in [-0.05, 0) is 24.3 Å². The highest BCUT2D eigenvalue weighted by Crippen LogP contribution is 2.31. The number of nitrogens with two attached hydrogens (primary N) is 1. The Morgan fingerprint density at radius 1 is 1.24 bits per heavy atom. The molecule has 0 bridgehead atoms. The number of benzene rings is 1. The molecule has 1 aromatic heterocycles. The summed E-state index contributed by atoms with van der Waals surface area (Å²) < 4.78 is 30.4. The number of aromatic nitrogens is 2. The summed E-state index contributed by atoms with van der Waals surface area (Å²) in [4.78, 5) is 1.65. The van der Waals surface area contributed by atoms with Crippen molar-refractivity contribution in [2.75, 3.05) is 38.1 Å². The Kier molecular flexibility index (Phi) is 3.82. The third kappa shape index (κ3) is 2.80. The summed E-state index contributed by atoms with van der Waals surface area (Å²) in [5, 5.41) is 4.30. The van der Waals surface area contributed by atoms with Crippen molar-refractivity contribution in [1.29, 1.82) is 0 Å². The Balaban J connectivity index is 2.65. The molecule has 0 aliphatic rings. The minimum atomic E-state index is -3.48. The number of rotatable bonds is 4. The van der Waals surface area contributed by atoms with Crippen LogP contribution in [0.1, 0.15) is 0 Å². The smallest absolute Gasteiger partial charge is 0.182 e. The lowest BCUT2D eigenvalue weighted by atomic mass is 10.3. The first-order valence-corrected chi connectivity index (χ1v) is 8.05. The fraction of sp³-hybridized carbons (Fsp3) is 0.308. The topological polar surface area (TPSA) is 90.5 Å². The van der Waals surface area contributed by atoms with Gasteiger partial charge in [-0.25, -0.2) is 13.1 Å². The molecule has 0 aliphatic heterocycles. The Morgan fingerprint density at radius 3 is 2.19 bits per heavy atom. The van der Waals surface area contributed by atoms with Crippen LogP contribution in [-0.2, 0) is 9.84 Å². The number of hydrogen-bond donors (Lipinski definition) is 1. The van der Waals surface area contributed by atoms with Crippen molar-refractivity contribution >= 4 is 21.5 Å². The van der Waals surface area contributed by atoms with Crippen LogP contribution in [0.3, 0.4) is 0 Å². The number of sulfone groups is 1. The van der Waals surface area contributed by atoms with Crippen molar-refractivity contribution < 1.29 is 13.2 Å². The van der Waals surface area contributed by atoms with Crippen LogP contribution in [0.2, 0.25) is 0 Å². The Hall–Kier alpha value is -2.22. The predicted octanol–water partition coefficient (Wildman–Crippen LogP) is 0.933. The third-order valence-electron chi connectivity index (χ3n) is 2.97. The molecule has 0 atom stereocenters. The van der Waals surface area contributed by atoms with Crippen molar-refractivity contribution in [3.05, 3.63) is 24.3 Å². The minimum Gasteiger partial charge on any atom is -0.497 e. The van der Waals surface area contributed by atoms with E-state index in [2.05, 4.69) is 5.10 Å². The molecule has 2 aromatic rings. The molecule has 0 unspecified atom stereocenters. The van der Waals surface area contributed by atoms with Gasteiger partial charge in [-0.2, -0.15) is 0 Å². The number of methoxy groups -OCH3 is 1. The minimum absolute atomic E-state index is 0.0309. The van der Waals surface area contributed by atoms with Crippen LogP contribution >= 0.6 is 0 Å². The molecule has 0 saturated carbocycles. The van der Waals surface area contributed by atoms with Crippen molar-refractivity contribution in [2.45, 2.75) is 4.90 Å². The van der Waals surface area contributed by atoms with Crippen molar-refractivity contribution in [3.63, 3.8) is 0 Å². The van der Waals surface area contributed by atoms with Crippen LogP contribution in [0.15, 0.2) is 29.2 Å². The van der Waals surface area contributed by atoms with E-state index >= 15 is 0 Å². The highest BCUT2D eigenvalue weighted by molar-refractivity contribution is 7.91. The molecule has 21 heavy (non-hydrogen) atoms. The number of nitrogen functional groups attached to an aromatic ring is 1. The fourth-order valence-electron chi connectivity index (χ4n) is 1.97. The predicted molar refractivity (Wildman–Crippen MR) is 82.0 cm³/mol. The van der Waals surface area contributed by atoms with E-state index in [9.17, 15) is 8.42 Å². The van der Waals surface area contributed by atoms with Crippen LogP contribution in [-0.4, -0.2) is 45.7 Å². The molecule has 8 heteroatoms. The summed E-state index contributed by atoms with van der Waals surface area (Å²) >= 11 is 0. The highest BCUT2D eigenvalue weighted by atomic mass is 32.2. The SMILES string of the molecule is COc1ccc(-n2nc(N(C)C)c(S(C)(=O)=O)c2N)cc1. The van der Waals surface area contributed by atoms with E-state index in [0.717, 1.165) is 6.26 Å². The monoisotopic (exact) mass is 310 g/mol. The van der Waals surface area contributed by atoms with Gasteiger partial charge in [0.2, 0.25) is 0 Å². The number of anilines is 2. The maximum Gasteiger partial charge on any atom is 0.182 e. The van der Waals surface area contributed by atoms with E-state index in [4.69, 9.17) is 10.5 Å². The summed E-state index contributed by atoms with van der Waals surface area (Å²) in [7, 11) is 1.52. The van der Waals surface area contributed by atoms with Gasteiger partial charge in [-0.1, -0.05) is 0 Å². The largest absolute Gasteiger partial charge is 0.497 e. The molecule has 1 heterocycles. The van der Waals surface area contributed by atoms with Crippen molar-refractivity contribution in [3.8, 4) is 11.4 Å². The molecular weight excluding hydrogens is 292 g/mol. The lowest BCUT2D eigenvalue weighted by molar-refractivity contribution is 0.414. The Bertz CT molecular complexity index is 748. The lowest BCUT2D eigenvalue weighted by Gasteiger charge is -2.09. The summed E-state index contributed by atoms with van der Waals surface area (Å²) in [5.41, 5.74) is 6.65. The lowest BCUT2D eigenvalue weighted by Crippen LogP contribution is -2.13. The van der Waals surface area contributed by atoms with Crippen LogP contribution < -0.4 is 15.4 Å². The molecular formula is C13H18N4O3S. The van der Waals surface area contributed by atoms with Gasteiger partial charge in [0.25, 0.3) is 0 Å². The molecule has 0 fully saturated rings. The highest BCUT2D eigenvalue weighted by Gasteiger charge is 2.25. The molecule has 0 radical (unpaired) electrons. The molecule has 2 rings (SSSR count). The second kappa shape index (κ2) is 5.28. The fourth-order valence-corrected chi connectivity index (χ4v) is 2.99. The summed E-state index contributed by atoms with van der Waals surface area (Å²) in [6, 6.07) is 7.03. The second-order valence-electron chi connectivity index (χ2n) is 4.81. The van der Waals surface area contributed by atoms with Gasteiger partial charge in [-0.3, -0.25) is 0 Å². The van der Waals surface area contributed by atoms with E-state index in [0.29, 0.717) is 17.3 Å². The quantitative estimate of drug-likeness (QED) is 0.903. The first-order valence-electron chi connectivity index (χ1n) is 6.16. The Labute approximate surface area is 123 Å². The summed E-state index contributed by atoms with van der Waals surface area (Å²) in [6.07, 6.45) is 1.12. The number of nitrogens with zero attached hydrogens (tertiary/aromatic N) is 3. The molecule has 2 N–H and O–H groups in total. The van der Waals surface area contributed by atoms with Gasteiger partial charge < -0.3 is 15.4 Å². The molecule has 0 amide bonds. The normalized spacial score (nSPS) is 11.4. The van der Waals surface area contributed by atoms with Crippen LogP contribution in [0, 0.1) is 0 Å².